The molecule has 1 saturated heterocycles. The summed E-state index contributed by atoms with van der Waals surface area (Å²) in [5.74, 6) is -0.338. The molecule has 1 unspecified atom stereocenters. The Morgan fingerprint density at radius 1 is 1.43 bits per heavy atom. The van der Waals surface area contributed by atoms with E-state index in [-0.39, 0.29) is 17.5 Å². The third-order valence-corrected chi connectivity index (χ3v) is 3.91. The lowest BCUT2D eigenvalue weighted by molar-refractivity contribution is 0.0706. The van der Waals surface area contributed by atoms with Gasteiger partial charge in [-0.25, -0.2) is 4.39 Å². The molecule has 1 atom stereocenters. The molecule has 6 heteroatoms. The number of hydrogen-bond acceptors (Lipinski definition) is 3. The third kappa shape index (κ3) is 2.74. The summed E-state index contributed by atoms with van der Waals surface area (Å²) in [7, 11) is 0. The predicted molar refractivity (Wildman–Crippen MR) is 77.3 cm³/mol. The van der Waals surface area contributed by atoms with Crippen LogP contribution in [0.3, 0.4) is 0 Å². The first-order valence-corrected chi connectivity index (χ1v) is 6.98. The Morgan fingerprint density at radius 3 is 3.00 bits per heavy atom. The molecular formula is C15H17FN4O. The average molecular weight is 288 g/mol. The monoisotopic (exact) mass is 288 g/mol. The van der Waals surface area contributed by atoms with Crippen molar-refractivity contribution in [1.29, 1.82) is 0 Å². The molecule has 1 fully saturated rings. The van der Waals surface area contributed by atoms with E-state index in [4.69, 9.17) is 5.73 Å². The van der Waals surface area contributed by atoms with Crippen LogP contribution in [0.15, 0.2) is 30.5 Å². The second-order valence-electron chi connectivity index (χ2n) is 5.34. The number of benzene rings is 1. The maximum absolute atomic E-state index is 13.2. The summed E-state index contributed by atoms with van der Waals surface area (Å²) in [6.07, 6.45) is 3.68. The zero-order chi connectivity index (χ0) is 14.8. The molecule has 0 aliphatic carbocycles. The summed E-state index contributed by atoms with van der Waals surface area (Å²) in [6.45, 7) is 1.35. The van der Waals surface area contributed by atoms with Gasteiger partial charge in [-0.2, -0.15) is 5.10 Å². The smallest absolute Gasteiger partial charge is 0.253 e. The maximum atomic E-state index is 13.2. The van der Waals surface area contributed by atoms with Crippen molar-refractivity contribution in [3.8, 4) is 0 Å². The summed E-state index contributed by atoms with van der Waals surface area (Å²) in [5.41, 5.74) is 7.01. The average Bonchev–Trinajstić information content (AvgIpc) is 3.04. The number of aromatic nitrogens is 2. The summed E-state index contributed by atoms with van der Waals surface area (Å²) in [4.78, 5) is 14.3. The Hall–Kier alpha value is -2.37. The van der Waals surface area contributed by atoms with Crippen molar-refractivity contribution in [1.82, 2.24) is 15.1 Å². The molecule has 0 radical (unpaired) electrons. The van der Waals surface area contributed by atoms with Gasteiger partial charge in [-0.1, -0.05) is 0 Å². The number of halogens is 1. The van der Waals surface area contributed by atoms with Gasteiger partial charge in [0.15, 0.2) is 0 Å². The Labute approximate surface area is 121 Å². The Bertz CT molecular complexity index is 641. The van der Waals surface area contributed by atoms with Gasteiger partial charge in [0, 0.05) is 36.5 Å². The van der Waals surface area contributed by atoms with E-state index in [0.717, 1.165) is 18.5 Å². The first kappa shape index (κ1) is 13.6. The number of nitrogen functional groups attached to an aromatic ring is 1. The summed E-state index contributed by atoms with van der Waals surface area (Å²) in [5, 5.41) is 6.93. The van der Waals surface area contributed by atoms with Gasteiger partial charge in [-0.15, -0.1) is 0 Å². The zero-order valence-corrected chi connectivity index (χ0v) is 11.6. The van der Waals surface area contributed by atoms with Crippen molar-refractivity contribution in [3.05, 3.63) is 47.5 Å². The Balaban J connectivity index is 1.76. The number of rotatable bonds is 2. The molecule has 21 heavy (non-hydrogen) atoms. The van der Waals surface area contributed by atoms with Crippen molar-refractivity contribution in [2.75, 3.05) is 18.8 Å². The summed E-state index contributed by atoms with van der Waals surface area (Å²) >= 11 is 0. The lowest BCUT2D eigenvalue weighted by Crippen LogP contribution is -2.39. The van der Waals surface area contributed by atoms with Gasteiger partial charge in [-0.05, 0) is 37.1 Å². The Kier molecular flexibility index (Phi) is 3.60. The number of carbonyl (C=O) groups excluding carboxylic acids is 1. The molecule has 1 aliphatic rings. The molecule has 1 aliphatic heterocycles. The number of anilines is 1. The van der Waals surface area contributed by atoms with Gasteiger partial charge in [-0.3, -0.25) is 9.89 Å². The van der Waals surface area contributed by atoms with E-state index >= 15 is 0 Å². The lowest BCUT2D eigenvalue weighted by atomic mass is 9.94. The van der Waals surface area contributed by atoms with Crippen LogP contribution in [-0.2, 0) is 0 Å². The van der Waals surface area contributed by atoms with Crippen molar-refractivity contribution < 1.29 is 9.18 Å². The minimum atomic E-state index is -0.500. The fourth-order valence-corrected chi connectivity index (χ4v) is 2.77. The number of nitrogens with one attached hydrogen (secondary N) is 1. The number of amides is 1. The van der Waals surface area contributed by atoms with Crippen LogP contribution >= 0.6 is 0 Å². The molecule has 5 nitrogen and oxygen atoms in total. The van der Waals surface area contributed by atoms with Crippen molar-refractivity contribution in [2.45, 2.75) is 18.8 Å². The molecule has 2 aromatic rings. The molecule has 1 amide bonds. The number of nitrogens with two attached hydrogens (primary N) is 1. The maximum Gasteiger partial charge on any atom is 0.253 e. The number of aromatic amines is 1. The minimum Gasteiger partial charge on any atom is -0.396 e. The van der Waals surface area contributed by atoms with E-state index in [9.17, 15) is 9.18 Å². The van der Waals surface area contributed by atoms with Gasteiger partial charge in [0.1, 0.15) is 5.82 Å². The van der Waals surface area contributed by atoms with Crippen molar-refractivity contribution in [3.63, 3.8) is 0 Å². The van der Waals surface area contributed by atoms with Crippen molar-refractivity contribution >= 4 is 11.6 Å². The molecule has 3 rings (SSSR count). The number of likely N-dealkylation sites (tertiary alicyclic amines) is 1. The number of piperidine rings is 1. The molecular weight excluding hydrogens is 271 g/mol. The summed E-state index contributed by atoms with van der Waals surface area (Å²) in [6, 6.07) is 6.05. The number of H-pyrrole nitrogens is 1. The van der Waals surface area contributed by atoms with Crippen LogP contribution in [0, 0.1) is 5.82 Å². The van der Waals surface area contributed by atoms with E-state index in [0.29, 0.717) is 18.7 Å². The van der Waals surface area contributed by atoms with Gasteiger partial charge in [0.05, 0.1) is 5.69 Å². The first-order chi connectivity index (χ1) is 10.1. The Morgan fingerprint density at radius 2 is 2.29 bits per heavy atom. The molecule has 1 aromatic heterocycles. The standard InChI is InChI=1S/C15H17FN4O/c16-12-4-3-10(8-13(12)17)15(21)20-7-1-2-11(9-20)14-5-6-18-19-14/h3-6,8,11H,1-2,7,9,17H2,(H,18,19). The van der Waals surface area contributed by atoms with E-state index in [2.05, 4.69) is 10.2 Å². The third-order valence-electron chi connectivity index (χ3n) is 3.91. The second kappa shape index (κ2) is 5.55. The predicted octanol–water partition coefficient (Wildman–Crippen LogP) is 2.15. The normalized spacial score (nSPS) is 18.7. The molecule has 1 aromatic carbocycles. The van der Waals surface area contributed by atoms with Crippen LogP contribution in [0.4, 0.5) is 10.1 Å². The van der Waals surface area contributed by atoms with Crippen LogP contribution < -0.4 is 5.73 Å². The highest BCUT2D eigenvalue weighted by Gasteiger charge is 2.26. The highest BCUT2D eigenvalue weighted by molar-refractivity contribution is 5.95. The molecule has 0 bridgehead atoms. The topological polar surface area (TPSA) is 75.0 Å². The first-order valence-electron chi connectivity index (χ1n) is 6.98. The zero-order valence-electron chi connectivity index (χ0n) is 11.6. The highest BCUT2D eigenvalue weighted by Crippen LogP contribution is 2.26. The number of nitrogens with zero attached hydrogens (tertiary/aromatic N) is 2. The number of hydrogen-bond donors (Lipinski definition) is 2. The van der Waals surface area contributed by atoms with Gasteiger partial charge in [0.2, 0.25) is 0 Å². The van der Waals surface area contributed by atoms with E-state index in [1.54, 1.807) is 11.1 Å². The minimum absolute atomic E-state index is 0.00276. The van der Waals surface area contributed by atoms with Gasteiger partial charge < -0.3 is 10.6 Å². The largest absolute Gasteiger partial charge is 0.396 e. The van der Waals surface area contributed by atoms with Crippen LogP contribution in [0.5, 0.6) is 0 Å². The molecule has 0 saturated carbocycles. The fraction of sp³-hybridized carbons (Fsp3) is 0.333. The summed E-state index contributed by atoms with van der Waals surface area (Å²) < 4.78 is 13.2. The number of carbonyl (C=O) groups is 1. The van der Waals surface area contributed by atoms with Crippen LogP contribution in [0.1, 0.15) is 34.8 Å². The van der Waals surface area contributed by atoms with E-state index < -0.39 is 5.82 Å². The quantitative estimate of drug-likeness (QED) is 0.831. The van der Waals surface area contributed by atoms with Gasteiger partial charge >= 0.3 is 0 Å². The highest BCUT2D eigenvalue weighted by atomic mass is 19.1. The van der Waals surface area contributed by atoms with E-state index in [1.807, 2.05) is 6.07 Å². The fourth-order valence-electron chi connectivity index (χ4n) is 2.77. The van der Waals surface area contributed by atoms with Crippen LogP contribution in [-0.4, -0.2) is 34.1 Å². The van der Waals surface area contributed by atoms with E-state index in [1.165, 1.54) is 18.2 Å². The van der Waals surface area contributed by atoms with Crippen LogP contribution in [0.2, 0.25) is 0 Å². The molecule has 0 spiro atoms. The SMILES string of the molecule is Nc1cc(C(=O)N2CCCC(c3ccn[nH]3)C2)ccc1F. The molecule has 110 valence electrons. The van der Waals surface area contributed by atoms with Crippen molar-refractivity contribution in [2.24, 2.45) is 0 Å². The second-order valence-corrected chi connectivity index (χ2v) is 5.34. The van der Waals surface area contributed by atoms with Gasteiger partial charge in [0.25, 0.3) is 5.91 Å². The lowest BCUT2D eigenvalue weighted by Gasteiger charge is -2.32. The molecule has 2 heterocycles. The van der Waals surface area contributed by atoms with Crippen LogP contribution in [0.25, 0.3) is 0 Å². The molecule has 3 N–H and O–H groups in total.